The lowest BCUT2D eigenvalue weighted by Gasteiger charge is -2.02. The second-order valence-electron chi connectivity index (χ2n) is 4.81. The molecule has 0 saturated carbocycles. The fraction of sp³-hybridized carbons (Fsp3) is 0.0625. The smallest absolute Gasteiger partial charge is 0.269 e. The number of benzene rings is 2. The summed E-state index contributed by atoms with van der Waals surface area (Å²) in [5, 5.41) is 24.4. The van der Waals surface area contributed by atoms with Gasteiger partial charge in [0.1, 0.15) is 5.69 Å². The number of aromatic nitrogens is 1. The van der Waals surface area contributed by atoms with Crippen molar-refractivity contribution in [1.82, 2.24) is 5.16 Å². The Bertz CT molecular complexity index is 842. The number of nitro benzene ring substituents is 1. The van der Waals surface area contributed by atoms with E-state index in [0.717, 1.165) is 10.0 Å². The van der Waals surface area contributed by atoms with E-state index in [9.17, 15) is 15.2 Å². The van der Waals surface area contributed by atoms with Gasteiger partial charge in [-0.3, -0.25) is 10.1 Å². The first-order valence-electron chi connectivity index (χ1n) is 6.70. The average molecular weight is 375 g/mol. The summed E-state index contributed by atoms with van der Waals surface area (Å²) in [5.74, 6) is 0.403. The minimum atomic E-state index is -0.468. The molecular weight excluding hydrogens is 364 g/mol. The third kappa shape index (κ3) is 3.01. The zero-order valence-corrected chi connectivity index (χ0v) is 13.4. The van der Waals surface area contributed by atoms with Gasteiger partial charge in [0.25, 0.3) is 5.69 Å². The van der Waals surface area contributed by atoms with Crippen molar-refractivity contribution < 1.29 is 14.6 Å². The lowest BCUT2D eigenvalue weighted by molar-refractivity contribution is -0.384. The summed E-state index contributed by atoms with van der Waals surface area (Å²) in [5.41, 5.74) is 2.52. The highest BCUT2D eigenvalue weighted by atomic mass is 79.9. The Hall–Kier alpha value is -2.51. The Morgan fingerprint density at radius 3 is 2.26 bits per heavy atom. The quantitative estimate of drug-likeness (QED) is 0.546. The molecule has 0 saturated heterocycles. The van der Waals surface area contributed by atoms with Crippen LogP contribution in [0, 0.1) is 10.1 Å². The summed E-state index contributed by atoms with van der Waals surface area (Å²) in [6.07, 6.45) is 0. The Labute approximate surface area is 139 Å². The largest absolute Gasteiger partial charge is 0.391 e. The van der Waals surface area contributed by atoms with Gasteiger partial charge in [-0.1, -0.05) is 33.2 Å². The van der Waals surface area contributed by atoms with Crippen LogP contribution in [0.15, 0.2) is 57.5 Å². The van der Waals surface area contributed by atoms with Crippen LogP contribution in [0.1, 0.15) is 5.56 Å². The molecule has 7 heteroatoms. The number of nitro groups is 1. The number of halogens is 1. The fourth-order valence-electron chi connectivity index (χ4n) is 2.25. The van der Waals surface area contributed by atoms with Crippen LogP contribution < -0.4 is 0 Å². The predicted molar refractivity (Wildman–Crippen MR) is 87.7 cm³/mol. The number of hydrogen-bond donors (Lipinski definition) is 1. The van der Waals surface area contributed by atoms with Crippen LogP contribution in [0.5, 0.6) is 0 Å². The second kappa shape index (κ2) is 6.31. The van der Waals surface area contributed by atoms with Crippen LogP contribution in [0.3, 0.4) is 0 Å². The molecule has 3 aromatic rings. The molecule has 116 valence electrons. The maximum Gasteiger partial charge on any atom is 0.269 e. The van der Waals surface area contributed by atoms with Gasteiger partial charge in [-0.25, -0.2) is 0 Å². The average Bonchev–Trinajstić information content (AvgIpc) is 2.99. The highest BCUT2D eigenvalue weighted by molar-refractivity contribution is 9.10. The molecular formula is C16H11BrN2O4. The summed E-state index contributed by atoms with van der Waals surface area (Å²) in [7, 11) is 0. The molecule has 0 amide bonds. The monoisotopic (exact) mass is 374 g/mol. The van der Waals surface area contributed by atoms with Crippen molar-refractivity contribution in [2.45, 2.75) is 6.61 Å². The van der Waals surface area contributed by atoms with Gasteiger partial charge >= 0.3 is 0 Å². The molecule has 2 aromatic carbocycles. The molecule has 0 fully saturated rings. The van der Waals surface area contributed by atoms with Gasteiger partial charge in [-0.05, 0) is 24.3 Å². The molecule has 0 aliphatic carbocycles. The normalized spacial score (nSPS) is 10.7. The summed E-state index contributed by atoms with van der Waals surface area (Å²) >= 11 is 3.37. The van der Waals surface area contributed by atoms with Crippen molar-refractivity contribution in [2.75, 3.05) is 0 Å². The lowest BCUT2D eigenvalue weighted by Crippen LogP contribution is -1.90. The third-order valence-electron chi connectivity index (χ3n) is 3.40. The standard InChI is InChI=1S/C16H11BrN2O4/c17-12-5-1-10(2-6-12)15-14(9-20)16(23-18-15)11-3-7-13(8-4-11)19(21)22/h1-8,20H,9H2. The van der Waals surface area contributed by atoms with E-state index in [2.05, 4.69) is 21.1 Å². The summed E-state index contributed by atoms with van der Waals surface area (Å²) in [4.78, 5) is 10.2. The van der Waals surface area contributed by atoms with Crippen molar-refractivity contribution in [3.8, 4) is 22.6 Å². The summed E-state index contributed by atoms with van der Waals surface area (Å²) in [6, 6.07) is 13.4. The van der Waals surface area contributed by atoms with Crippen molar-refractivity contribution in [2.24, 2.45) is 0 Å². The van der Waals surface area contributed by atoms with Gasteiger partial charge in [-0.15, -0.1) is 0 Å². The Kier molecular flexibility index (Phi) is 4.22. The summed E-state index contributed by atoms with van der Waals surface area (Å²) < 4.78 is 6.30. The van der Waals surface area contributed by atoms with Gasteiger partial charge in [0.05, 0.1) is 17.1 Å². The number of aliphatic hydroxyl groups excluding tert-OH is 1. The zero-order chi connectivity index (χ0) is 16.4. The molecule has 3 rings (SSSR count). The van der Waals surface area contributed by atoms with E-state index in [1.165, 1.54) is 12.1 Å². The molecule has 1 aromatic heterocycles. The number of nitrogens with zero attached hydrogens (tertiary/aromatic N) is 2. The molecule has 0 atom stereocenters. The number of hydrogen-bond acceptors (Lipinski definition) is 5. The Morgan fingerprint density at radius 1 is 1.09 bits per heavy atom. The van der Waals surface area contributed by atoms with Gasteiger partial charge in [-0.2, -0.15) is 0 Å². The van der Waals surface area contributed by atoms with Crippen molar-refractivity contribution >= 4 is 21.6 Å². The van der Waals surface area contributed by atoms with Crippen LogP contribution in [-0.2, 0) is 6.61 Å². The topological polar surface area (TPSA) is 89.4 Å². The maximum atomic E-state index is 10.7. The van der Waals surface area contributed by atoms with Gasteiger partial charge in [0.2, 0.25) is 0 Å². The van der Waals surface area contributed by atoms with E-state index < -0.39 is 4.92 Å². The van der Waals surface area contributed by atoms with E-state index in [-0.39, 0.29) is 12.3 Å². The molecule has 1 N–H and O–H groups in total. The first-order valence-corrected chi connectivity index (χ1v) is 7.49. The molecule has 0 radical (unpaired) electrons. The van der Waals surface area contributed by atoms with Crippen molar-refractivity contribution in [1.29, 1.82) is 0 Å². The van der Waals surface area contributed by atoms with E-state index in [1.54, 1.807) is 12.1 Å². The highest BCUT2D eigenvalue weighted by Gasteiger charge is 2.19. The molecule has 0 aliphatic heterocycles. The van der Waals surface area contributed by atoms with Crippen LogP contribution in [0.2, 0.25) is 0 Å². The van der Waals surface area contributed by atoms with Gasteiger partial charge in [0.15, 0.2) is 5.76 Å². The first-order chi connectivity index (χ1) is 11.1. The van der Waals surface area contributed by atoms with Crippen LogP contribution in [0.4, 0.5) is 5.69 Å². The number of aliphatic hydroxyl groups is 1. The Morgan fingerprint density at radius 2 is 1.70 bits per heavy atom. The van der Waals surface area contributed by atoms with Crippen LogP contribution in [0.25, 0.3) is 22.6 Å². The maximum absolute atomic E-state index is 10.7. The van der Waals surface area contributed by atoms with Crippen LogP contribution in [-0.4, -0.2) is 15.2 Å². The minimum absolute atomic E-state index is 0.00746. The molecule has 0 bridgehead atoms. The van der Waals surface area contributed by atoms with Crippen LogP contribution >= 0.6 is 15.9 Å². The first kappa shape index (κ1) is 15.4. The van der Waals surface area contributed by atoms with E-state index in [1.807, 2.05) is 24.3 Å². The Balaban J connectivity index is 2.04. The lowest BCUT2D eigenvalue weighted by atomic mass is 10.0. The molecule has 0 aliphatic rings. The zero-order valence-electron chi connectivity index (χ0n) is 11.8. The van der Waals surface area contributed by atoms with E-state index in [4.69, 9.17) is 4.52 Å². The molecule has 23 heavy (non-hydrogen) atoms. The highest BCUT2D eigenvalue weighted by Crippen LogP contribution is 2.33. The number of rotatable bonds is 4. The van der Waals surface area contributed by atoms with E-state index >= 15 is 0 Å². The summed E-state index contributed by atoms with van der Waals surface area (Å²) in [6.45, 7) is -0.249. The molecule has 0 spiro atoms. The van der Waals surface area contributed by atoms with Gasteiger partial charge in [0, 0.05) is 27.7 Å². The number of non-ortho nitro benzene ring substituents is 1. The SMILES string of the molecule is O=[N+]([O-])c1ccc(-c2onc(-c3ccc(Br)cc3)c2CO)cc1. The van der Waals surface area contributed by atoms with Crippen molar-refractivity contribution in [3.05, 3.63) is 68.7 Å². The van der Waals surface area contributed by atoms with E-state index in [0.29, 0.717) is 22.6 Å². The van der Waals surface area contributed by atoms with Crippen molar-refractivity contribution in [3.63, 3.8) is 0 Å². The predicted octanol–water partition coefficient (Wildman–Crippen LogP) is 4.17. The second-order valence-corrected chi connectivity index (χ2v) is 5.72. The minimum Gasteiger partial charge on any atom is -0.391 e. The molecule has 0 unspecified atom stereocenters. The third-order valence-corrected chi connectivity index (χ3v) is 3.93. The van der Waals surface area contributed by atoms with Gasteiger partial charge < -0.3 is 9.63 Å². The fourth-order valence-corrected chi connectivity index (χ4v) is 2.52. The molecule has 6 nitrogen and oxygen atoms in total. The molecule has 1 heterocycles.